The van der Waals surface area contributed by atoms with E-state index in [-0.39, 0.29) is 38.1 Å². The molecule has 1 aliphatic rings. The van der Waals surface area contributed by atoms with E-state index in [1.807, 2.05) is 13.8 Å². The van der Waals surface area contributed by atoms with Gasteiger partial charge in [-0.1, -0.05) is 13.8 Å². The van der Waals surface area contributed by atoms with Crippen LogP contribution in [0, 0.1) is 5.41 Å². The van der Waals surface area contributed by atoms with Crippen molar-refractivity contribution in [3.8, 4) is 0 Å². The molecule has 1 saturated heterocycles. The number of hydrogen-bond acceptors (Lipinski definition) is 3. The van der Waals surface area contributed by atoms with Crippen LogP contribution >= 0.6 is 7.82 Å². The first kappa shape index (κ1) is 11.7. The van der Waals surface area contributed by atoms with Crippen LogP contribution in [0.1, 0.15) is 13.8 Å². The van der Waals surface area contributed by atoms with Crippen LogP contribution in [-0.4, -0.2) is 18.1 Å². The molecule has 0 atom stereocenters. The normalized spacial score (nSPS) is 27.2. The molecule has 0 aromatic rings. The van der Waals surface area contributed by atoms with Crippen LogP contribution in [-0.2, 0) is 33.1 Å². The molecule has 62 valence electrons. The summed E-state index contributed by atoms with van der Waals surface area (Å²) in [4.78, 5) is 8.72. The van der Waals surface area contributed by atoms with Gasteiger partial charge in [0.05, 0.1) is 13.2 Å². The van der Waals surface area contributed by atoms with E-state index in [1.165, 1.54) is 0 Å². The summed E-state index contributed by atoms with van der Waals surface area (Å²) in [5.74, 6) is 0. The number of phosphoric ester groups is 1. The van der Waals surface area contributed by atoms with Gasteiger partial charge in [0.2, 0.25) is 0 Å². The van der Waals surface area contributed by atoms with Crippen molar-refractivity contribution in [2.45, 2.75) is 13.8 Å². The van der Waals surface area contributed by atoms with Crippen LogP contribution in [0.25, 0.3) is 0 Å². The Hall–Kier alpha value is 0.733. The topological polar surface area (TPSA) is 55.8 Å². The third-order valence-corrected chi connectivity index (χ3v) is 2.15. The summed E-state index contributed by atoms with van der Waals surface area (Å²) < 4.78 is 19.8. The molecule has 1 rings (SSSR count). The Morgan fingerprint density at radius 3 is 2.00 bits per heavy atom. The van der Waals surface area contributed by atoms with Gasteiger partial charge in [-0.15, -0.1) is 0 Å². The van der Waals surface area contributed by atoms with Gasteiger partial charge in [-0.2, -0.15) is 0 Å². The maximum Gasteiger partial charge on any atom is 0.472 e. The van der Waals surface area contributed by atoms with Gasteiger partial charge in [-0.3, -0.25) is 9.05 Å². The SMILES string of the molecule is CC1(C)COP(=O)(O)OC1.[Zn]. The molecule has 1 heterocycles. The Morgan fingerprint density at radius 2 is 1.73 bits per heavy atom. The molecule has 0 radical (unpaired) electrons. The van der Waals surface area contributed by atoms with Gasteiger partial charge in [0.1, 0.15) is 0 Å². The average molecular weight is 232 g/mol. The number of rotatable bonds is 0. The van der Waals surface area contributed by atoms with Gasteiger partial charge in [0, 0.05) is 24.9 Å². The van der Waals surface area contributed by atoms with E-state index in [0.29, 0.717) is 0 Å². The van der Waals surface area contributed by atoms with Crippen molar-refractivity contribution < 1.29 is 38.0 Å². The summed E-state index contributed by atoms with van der Waals surface area (Å²) in [6, 6.07) is 0. The maximum atomic E-state index is 10.6. The van der Waals surface area contributed by atoms with E-state index in [9.17, 15) is 4.57 Å². The molecule has 6 heteroatoms. The zero-order valence-corrected chi connectivity index (χ0v) is 10.6. The van der Waals surface area contributed by atoms with Gasteiger partial charge in [-0.25, -0.2) is 4.57 Å². The standard InChI is InChI=1S/C5H11O4P.Zn/c1-5(2)3-8-10(6,7)9-4-5;/h3-4H2,1-2H3,(H,6,7);. The molecule has 0 bridgehead atoms. The third kappa shape index (κ3) is 3.77. The van der Waals surface area contributed by atoms with Crippen LogP contribution in [0.15, 0.2) is 0 Å². The second-order valence-corrected chi connectivity index (χ2v) is 4.63. The predicted octanol–water partition coefficient (Wildman–Crippen LogP) is 1.16. The smallest absolute Gasteiger partial charge is 0.302 e. The summed E-state index contributed by atoms with van der Waals surface area (Å²) in [7, 11) is -3.67. The van der Waals surface area contributed by atoms with Crippen molar-refractivity contribution in [2.24, 2.45) is 5.41 Å². The van der Waals surface area contributed by atoms with E-state index in [2.05, 4.69) is 9.05 Å². The van der Waals surface area contributed by atoms with Crippen molar-refractivity contribution in [3.05, 3.63) is 0 Å². The summed E-state index contributed by atoms with van der Waals surface area (Å²) >= 11 is 0. The molecule has 0 spiro atoms. The second kappa shape index (κ2) is 3.63. The molecule has 1 N–H and O–H groups in total. The fourth-order valence-electron chi connectivity index (χ4n) is 0.592. The minimum absolute atomic E-state index is 0. The first-order valence-electron chi connectivity index (χ1n) is 3.03. The van der Waals surface area contributed by atoms with Crippen molar-refractivity contribution in [1.82, 2.24) is 0 Å². The minimum atomic E-state index is -3.67. The molecule has 1 aliphatic heterocycles. The molecule has 0 saturated carbocycles. The quantitative estimate of drug-likeness (QED) is 0.502. The van der Waals surface area contributed by atoms with Gasteiger partial charge in [0.25, 0.3) is 0 Å². The fourth-order valence-corrected chi connectivity index (χ4v) is 1.69. The van der Waals surface area contributed by atoms with E-state index in [0.717, 1.165) is 0 Å². The zero-order chi connectivity index (χ0) is 7.83. The van der Waals surface area contributed by atoms with E-state index < -0.39 is 7.82 Å². The van der Waals surface area contributed by atoms with Crippen molar-refractivity contribution in [3.63, 3.8) is 0 Å². The Labute approximate surface area is 78.6 Å². The Bertz CT molecular complexity index is 167. The average Bonchev–Trinajstić information content (AvgIpc) is 1.79. The molecular formula is C5H11O4PZn. The Kier molecular flexibility index (Phi) is 3.87. The second-order valence-electron chi connectivity index (χ2n) is 3.18. The van der Waals surface area contributed by atoms with Crippen molar-refractivity contribution >= 4 is 7.82 Å². The van der Waals surface area contributed by atoms with Crippen LogP contribution in [0.5, 0.6) is 0 Å². The maximum absolute atomic E-state index is 10.6. The van der Waals surface area contributed by atoms with E-state index in [4.69, 9.17) is 4.89 Å². The summed E-state index contributed by atoms with van der Waals surface area (Å²) in [5, 5.41) is 0. The Morgan fingerprint density at radius 1 is 1.36 bits per heavy atom. The molecule has 0 aromatic carbocycles. The molecule has 0 aromatic heterocycles. The van der Waals surface area contributed by atoms with Crippen LogP contribution in [0.4, 0.5) is 0 Å². The van der Waals surface area contributed by atoms with Crippen LogP contribution in [0.3, 0.4) is 0 Å². The molecule has 0 amide bonds. The molecule has 4 nitrogen and oxygen atoms in total. The fraction of sp³-hybridized carbons (Fsp3) is 1.00. The minimum Gasteiger partial charge on any atom is -0.302 e. The summed E-state index contributed by atoms with van der Waals surface area (Å²) in [5.41, 5.74) is -0.142. The first-order valence-corrected chi connectivity index (χ1v) is 4.53. The van der Waals surface area contributed by atoms with E-state index in [1.54, 1.807) is 0 Å². The molecular weight excluding hydrogens is 220 g/mol. The van der Waals surface area contributed by atoms with Crippen molar-refractivity contribution in [2.75, 3.05) is 13.2 Å². The van der Waals surface area contributed by atoms with Gasteiger partial charge < -0.3 is 4.89 Å². The van der Waals surface area contributed by atoms with Crippen molar-refractivity contribution in [1.29, 1.82) is 0 Å². The van der Waals surface area contributed by atoms with Crippen LogP contribution < -0.4 is 0 Å². The van der Waals surface area contributed by atoms with E-state index >= 15 is 0 Å². The predicted molar refractivity (Wildman–Crippen MR) is 35.5 cm³/mol. The first-order chi connectivity index (χ1) is 4.41. The Balaban J connectivity index is 0.000001000. The molecule has 1 fully saturated rings. The third-order valence-electron chi connectivity index (χ3n) is 1.24. The molecule has 0 aliphatic carbocycles. The number of hydrogen-bond donors (Lipinski definition) is 1. The largest absolute Gasteiger partial charge is 0.472 e. The number of phosphoric acid groups is 1. The zero-order valence-electron chi connectivity index (χ0n) is 6.74. The molecule has 0 unspecified atom stereocenters. The summed E-state index contributed by atoms with van der Waals surface area (Å²) in [6.07, 6.45) is 0. The van der Waals surface area contributed by atoms with Gasteiger partial charge in [0.15, 0.2) is 0 Å². The van der Waals surface area contributed by atoms with Gasteiger partial charge >= 0.3 is 7.82 Å². The monoisotopic (exact) mass is 230 g/mol. The van der Waals surface area contributed by atoms with Gasteiger partial charge in [-0.05, 0) is 0 Å². The molecule has 11 heavy (non-hydrogen) atoms. The summed E-state index contributed by atoms with van der Waals surface area (Å²) in [6.45, 7) is 4.37. The van der Waals surface area contributed by atoms with Crippen LogP contribution in [0.2, 0.25) is 0 Å².